The van der Waals surface area contributed by atoms with Gasteiger partial charge in [0.1, 0.15) is 5.84 Å². The maximum absolute atomic E-state index is 7.46. The van der Waals surface area contributed by atoms with E-state index in [2.05, 4.69) is 11.8 Å². The first-order valence-electron chi connectivity index (χ1n) is 6.77. The molecule has 0 spiro atoms. The minimum absolute atomic E-state index is 0.111. The van der Waals surface area contributed by atoms with Crippen molar-refractivity contribution in [3.8, 4) is 0 Å². The molecule has 3 N–H and O–H groups in total. The Kier molecular flexibility index (Phi) is 4.75. The molecule has 0 amide bonds. The Hall–Kier alpha value is -1.43. The van der Waals surface area contributed by atoms with E-state index in [1.807, 2.05) is 18.2 Å². The van der Waals surface area contributed by atoms with Crippen molar-refractivity contribution >= 4 is 5.84 Å². The largest absolute Gasteiger partial charge is 0.384 e. The van der Waals surface area contributed by atoms with E-state index in [1.165, 1.54) is 5.56 Å². The van der Waals surface area contributed by atoms with Crippen molar-refractivity contribution in [3.63, 3.8) is 0 Å². The average molecular weight is 277 g/mol. The summed E-state index contributed by atoms with van der Waals surface area (Å²) in [6.07, 6.45) is 0.272. The van der Waals surface area contributed by atoms with Crippen LogP contribution in [-0.2, 0) is 16.0 Å². The maximum Gasteiger partial charge on any atom is 0.122 e. The molecule has 2 atom stereocenters. The molecule has 5 nitrogen and oxygen atoms in total. The molecule has 0 saturated carbocycles. The van der Waals surface area contributed by atoms with Gasteiger partial charge in [0.15, 0.2) is 0 Å². The van der Waals surface area contributed by atoms with E-state index < -0.39 is 0 Å². The molecular weight excluding hydrogens is 254 g/mol. The molecule has 2 unspecified atom stereocenters. The first-order chi connectivity index (χ1) is 9.55. The number of nitrogens with two attached hydrogens (primary N) is 1. The average Bonchev–Trinajstić information content (AvgIpc) is 2.83. The lowest BCUT2D eigenvalue weighted by atomic mass is 10.0. The summed E-state index contributed by atoms with van der Waals surface area (Å²) >= 11 is 0. The lowest BCUT2D eigenvalue weighted by Crippen LogP contribution is -2.27. The number of hydrogen-bond donors (Lipinski definition) is 2. The minimum Gasteiger partial charge on any atom is -0.384 e. The molecule has 0 aliphatic carbocycles. The summed E-state index contributed by atoms with van der Waals surface area (Å²) in [6.45, 7) is 4.68. The molecule has 5 heteroatoms. The van der Waals surface area contributed by atoms with Crippen LogP contribution in [0.2, 0.25) is 0 Å². The van der Waals surface area contributed by atoms with Gasteiger partial charge in [0.2, 0.25) is 0 Å². The van der Waals surface area contributed by atoms with E-state index in [0.29, 0.717) is 0 Å². The van der Waals surface area contributed by atoms with Crippen LogP contribution >= 0.6 is 0 Å². The van der Waals surface area contributed by atoms with Gasteiger partial charge in [-0.1, -0.05) is 12.1 Å². The summed E-state index contributed by atoms with van der Waals surface area (Å²) in [6, 6.07) is 5.92. The molecule has 0 aromatic heterocycles. The summed E-state index contributed by atoms with van der Waals surface area (Å²) in [5, 5.41) is 7.46. The molecule has 1 aromatic carbocycles. The second kappa shape index (κ2) is 6.35. The lowest BCUT2D eigenvalue weighted by molar-refractivity contribution is -0.00461. The number of nitrogen functional groups attached to an aromatic ring is 1. The van der Waals surface area contributed by atoms with Gasteiger partial charge in [0, 0.05) is 39.4 Å². The Balaban J connectivity index is 2.06. The van der Waals surface area contributed by atoms with Gasteiger partial charge in [-0.3, -0.25) is 10.3 Å². The summed E-state index contributed by atoms with van der Waals surface area (Å²) < 4.78 is 10.9. The molecule has 2 rings (SSSR count). The fourth-order valence-electron chi connectivity index (χ4n) is 2.68. The maximum atomic E-state index is 7.46. The SMILES string of the molecule is COC1CN(Cc2ccc(C(=N)N)cc2C)CC1OC. The predicted molar refractivity (Wildman–Crippen MR) is 79.1 cm³/mol. The van der Waals surface area contributed by atoms with E-state index in [0.717, 1.165) is 30.8 Å². The highest BCUT2D eigenvalue weighted by Gasteiger charge is 2.32. The fraction of sp³-hybridized carbons (Fsp3) is 0.533. The number of ether oxygens (including phenoxy) is 2. The Bertz CT molecular complexity index is 478. The molecule has 1 fully saturated rings. The predicted octanol–water partition coefficient (Wildman–Crippen LogP) is 1.12. The molecule has 0 radical (unpaired) electrons. The van der Waals surface area contributed by atoms with Gasteiger partial charge < -0.3 is 15.2 Å². The van der Waals surface area contributed by atoms with Gasteiger partial charge >= 0.3 is 0 Å². The minimum atomic E-state index is 0.111. The van der Waals surface area contributed by atoms with Crippen LogP contribution in [0.1, 0.15) is 16.7 Å². The molecule has 110 valence electrons. The van der Waals surface area contributed by atoms with Crippen LogP contribution < -0.4 is 5.73 Å². The number of hydrogen-bond acceptors (Lipinski definition) is 4. The zero-order chi connectivity index (χ0) is 14.7. The topological polar surface area (TPSA) is 71.6 Å². The summed E-state index contributed by atoms with van der Waals surface area (Å²) in [4.78, 5) is 2.33. The first kappa shape index (κ1) is 15.0. The summed E-state index contributed by atoms with van der Waals surface area (Å²) in [7, 11) is 3.46. The number of rotatable bonds is 5. The normalized spacial score (nSPS) is 23.1. The number of nitrogens with zero attached hydrogens (tertiary/aromatic N) is 1. The monoisotopic (exact) mass is 277 g/mol. The van der Waals surface area contributed by atoms with E-state index in [9.17, 15) is 0 Å². The summed E-state index contributed by atoms with van der Waals surface area (Å²) in [5.74, 6) is 0.111. The number of nitrogens with one attached hydrogen (secondary N) is 1. The van der Waals surface area contributed by atoms with Gasteiger partial charge in [-0.15, -0.1) is 0 Å². The highest BCUT2D eigenvalue weighted by atomic mass is 16.5. The molecule has 20 heavy (non-hydrogen) atoms. The fourth-order valence-corrected chi connectivity index (χ4v) is 2.68. The highest BCUT2D eigenvalue weighted by Crippen LogP contribution is 2.20. The summed E-state index contributed by atoms with van der Waals surface area (Å²) in [5.41, 5.74) is 8.69. The molecule has 0 bridgehead atoms. The van der Waals surface area contributed by atoms with Crippen molar-refractivity contribution < 1.29 is 9.47 Å². The van der Waals surface area contributed by atoms with Gasteiger partial charge in [-0.2, -0.15) is 0 Å². The van der Waals surface area contributed by atoms with E-state index >= 15 is 0 Å². The Morgan fingerprint density at radius 2 is 1.90 bits per heavy atom. The van der Waals surface area contributed by atoms with Gasteiger partial charge in [-0.25, -0.2) is 0 Å². The Morgan fingerprint density at radius 3 is 2.35 bits per heavy atom. The van der Waals surface area contributed by atoms with Crippen molar-refractivity contribution in [1.29, 1.82) is 5.41 Å². The third kappa shape index (κ3) is 3.17. The molecule has 1 aromatic rings. The number of amidine groups is 1. The molecular formula is C15H23N3O2. The first-order valence-corrected chi connectivity index (χ1v) is 6.77. The quantitative estimate of drug-likeness (QED) is 0.625. The second-order valence-corrected chi connectivity index (χ2v) is 5.30. The van der Waals surface area contributed by atoms with E-state index in [-0.39, 0.29) is 18.0 Å². The van der Waals surface area contributed by atoms with Crippen LogP contribution in [0.4, 0.5) is 0 Å². The van der Waals surface area contributed by atoms with Crippen LogP contribution in [0.15, 0.2) is 18.2 Å². The van der Waals surface area contributed by atoms with Crippen LogP contribution in [0, 0.1) is 12.3 Å². The number of aryl methyl sites for hydroxylation is 1. The Morgan fingerprint density at radius 1 is 1.30 bits per heavy atom. The van der Waals surface area contributed by atoms with Crippen LogP contribution in [0.5, 0.6) is 0 Å². The molecule has 1 saturated heterocycles. The van der Waals surface area contributed by atoms with Crippen LogP contribution in [-0.4, -0.2) is 50.3 Å². The van der Waals surface area contributed by atoms with Crippen molar-refractivity contribution in [2.24, 2.45) is 5.73 Å². The van der Waals surface area contributed by atoms with E-state index in [4.69, 9.17) is 20.6 Å². The standard InChI is InChI=1S/C15H23N3O2/c1-10-6-11(15(16)17)4-5-12(10)7-18-8-13(19-2)14(9-18)20-3/h4-6,13-14H,7-9H2,1-3H3,(H3,16,17). The smallest absolute Gasteiger partial charge is 0.122 e. The zero-order valence-corrected chi connectivity index (χ0v) is 12.3. The third-order valence-electron chi connectivity index (χ3n) is 3.94. The van der Waals surface area contributed by atoms with Crippen molar-refractivity contribution in [3.05, 3.63) is 34.9 Å². The highest BCUT2D eigenvalue weighted by molar-refractivity contribution is 5.95. The van der Waals surface area contributed by atoms with Crippen LogP contribution in [0.25, 0.3) is 0 Å². The number of benzene rings is 1. The zero-order valence-electron chi connectivity index (χ0n) is 12.3. The van der Waals surface area contributed by atoms with Crippen molar-refractivity contribution in [1.82, 2.24) is 4.90 Å². The number of likely N-dealkylation sites (tertiary alicyclic amines) is 1. The van der Waals surface area contributed by atoms with Crippen molar-refractivity contribution in [2.75, 3.05) is 27.3 Å². The number of methoxy groups -OCH3 is 2. The second-order valence-electron chi connectivity index (χ2n) is 5.30. The van der Waals surface area contributed by atoms with Gasteiger partial charge in [0.25, 0.3) is 0 Å². The van der Waals surface area contributed by atoms with Gasteiger partial charge in [0.05, 0.1) is 12.2 Å². The van der Waals surface area contributed by atoms with Crippen LogP contribution in [0.3, 0.4) is 0 Å². The third-order valence-corrected chi connectivity index (χ3v) is 3.94. The van der Waals surface area contributed by atoms with Crippen molar-refractivity contribution in [2.45, 2.75) is 25.7 Å². The van der Waals surface area contributed by atoms with E-state index in [1.54, 1.807) is 14.2 Å². The Labute approximate surface area is 120 Å². The van der Waals surface area contributed by atoms with Gasteiger partial charge in [-0.05, 0) is 24.1 Å². The lowest BCUT2D eigenvalue weighted by Gasteiger charge is -2.17. The molecule has 1 aliphatic rings. The molecule has 1 heterocycles. The molecule has 1 aliphatic heterocycles.